The maximum Gasteiger partial charge on any atom is 0.305 e. The number of hydrogen-bond donors (Lipinski definition) is 4. The Hall–Kier alpha value is -4.34. The molecule has 1 atom stereocenters. The molecule has 0 fully saturated rings. The fourth-order valence-electron chi connectivity index (χ4n) is 3.69. The Balaban J connectivity index is 1.41. The van der Waals surface area contributed by atoms with Gasteiger partial charge in [0.15, 0.2) is 11.6 Å². The number of nitrogens with zero attached hydrogens (tertiary/aromatic N) is 2. The number of ether oxygens (including phenoxy) is 3. The van der Waals surface area contributed by atoms with E-state index in [0.717, 1.165) is 23.8 Å². The second-order valence-electron chi connectivity index (χ2n) is 7.85. The Morgan fingerprint density at radius 2 is 2.20 bits per heavy atom. The van der Waals surface area contributed by atoms with Crippen molar-refractivity contribution in [2.45, 2.75) is 18.9 Å². The van der Waals surface area contributed by atoms with Crippen molar-refractivity contribution < 1.29 is 24.1 Å². The highest BCUT2D eigenvalue weighted by Gasteiger charge is 2.18. The molecule has 2 aromatic heterocycles. The fraction of sp³-hybridized carbons (Fsp3) is 0.280. The molecule has 1 aliphatic rings. The number of aromatic nitrogens is 2. The molecule has 1 aliphatic heterocycles. The van der Waals surface area contributed by atoms with Gasteiger partial charge < -0.3 is 35.4 Å². The number of rotatable bonds is 11. The zero-order chi connectivity index (χ0) is 24.6. The molecule has 1 unspecified atom stereocenters. The first-order chi connectivity index (χ1) is 17.1. The average Bonchev–Trinajstić information content (AvgIpc) is 2.88. The highest BCUT2D eigenvalue weighted by Crippen LogP contribution is 2.28. The van der Waals surface area contributed by atoms with Gasteiger partial charge in [0.05, 0.1) is 32.7 Å². The minimum atomic E-state index is -0.952. The molecule has 1 aromatic carbocycles. The lowest BCUT2D eigenvalue weighted by atomic mass is 10.0. The van der Waals surface area contributed by atoms with E-state index in [4.69, 9.17) is 19.6 Å². The van der Waals surface area contributed by atoms with Crippen LogP contribution in [-0.2, 0) is 11.2 Å². The molecular weight excluding hydrogens is 450 g/mol. The van der Waals surface area contributed by atoms with Crippen LogP contribution in [-0.4, -0.2) is 54.1 Å². The van der Waals surface area contributed by atoms with Crippen LogP contribution in [0.1, 0.15) is 29.3 Å². The summed E-state index contributed by atoms with van der Waals surface area (Å²) < 4.78 is 16.5. The van der Waals surface area contributed by atoms with Gasteiger partial charge in [0.1, 0.15) is 12.4 Å². The molecule has 35 heavy (non-hydrogen) atoms. The minimum Gasteiger partial charge on any atom is -0.493 e. The maximum absolute atomic E-state index is 11.5. The normalized spacial score (nSPS) is 12.9. The van der Waals surface area contributed by atoms with E-state index in [1.165, 1.54) is 13.3 Å². The highest BCUT2D eigenvalue weighted by molar-refractivity contribution is 5.86. The van der Waals surface area contributed by atoms with Gasteiger partial charge in [0.25, 0.3) is 0 Å². The monoisotopic (exact) mass is 477 g/mol. The first kappa shape index (κ1) is 23.8. The van der Waals surface area contributed by atoms with Gasteiger partial charge >= 0.3 is 5.97 Å². The lowest BCUT2D eigenvalue weighted by molar-refractivity contribution is -0.137. The number of pyridine rings is 2. The summed E-state index contributed by atoms with van der Waals surface area (Å²) in [5, 5.41) is 23.7. The number of methoxy groups -OCH3 is 1. The van der Waals surface area contributed by atoms with E-state index in [1.54, 1.807) is 36.5 Å². The van der Waals surface area contributed by atoms with Crippen molar-refractivity contribution in [2.24, 2.45) is 0 Å². The van der Waals surface area contributed by atoms with Crippen LogP contribution < -0.4 is 24.8 Å². The molecule has 0 aliphatic carbocycles. The summed E-state index contributed by atoms with van der Waals surface area (Å²) in [6.45, 7) is 1.77. The number of aliphatic carboxylic acids is 1. The predicted octanol–water partition coefficient (Wildman–Crippen LogP) is 3.54. The molecule has 4 rings (SSSR count). The number of carbonyl (C=O) groups is 1. The molecule has 0 amide bonds. The summed E-state index contributed by atoms with van der Waals surface area (Å²) in [4.78, 5) is 20.2. The Morgan fingerprint density at radius 3 is 2.94 bits per heavy atom. The van der Waals surface area contributed by atoms with Crippen LogP contribution in [0.4, 0.5) is 11.5 Å². The summed E-state index contributed by atoms with van der Waals surface area (Å²) in [7, 11) is 1.52. The van der Waals surface area contributed by atoms with Gasteiger partial charge in [-0.2, -0.15) is 0 Å². The van der Waals surface area contributed by atoms with Gasteiger partial charge in [-0.25, -0.2) is 9.97 Å². The standard InChI is InChI=1S/C25H27N5O5/c1-33-23-7-2-16(15-28-23)21(13-24(31)32)30-20-5-4-19(12-17(20)14-26)34-10-8-18-3-6-22-25(29-18)27-9-11-35-22/h2-7,12,14-15,21,26,30H,8-11,13H2,1H3,(H,27,29)(H,31,32). The van der Waals surface area contributed by atoms with E-state index >= 15 is 0 Å². The number of fused-ring (bicyclic) bond motifs is 1. The van der Waals surface area contributed by atoms with Gasteiger partial charge in [-0.1, -0.05) is 6.07 Å². The van der Waals surface area contributed by atoms with Crippen molar-refractivity contribution in [3.63, 3.8) is 0 Å². The topological polar surface area (TPSA) is 139 Å². The Bertz CT molecular complexity index is 1190. The number of carboxylic acid groups (broad SMARTS) is 1. The second kappa shape index (κ2) is 11.2. The third kappa shape index (κ3) is 6.17. The molecule has 0 bridgehead atoms. The van der Waals surface area contributed by atoms with Crippen molar-refractivity contribution in [1.82, 2.24) is 9.97 Å². The molecule has 3 heterocycles. The Labute approximate surface area is 202 Å². The number of anilines is 2. The van der Waals surface area contributed by atoms with Gasteiger partial charge in [-0.3, -0.25) is 4.79 Å². The summed E-state index contributed by atoms with van der Waals surface area (Å²) in [6, 6.07) is 12.0. The van der Waals surface area contributed by atoms with Crippen LogP contribution >= 0.6 is 0 Å². The molecular formula is C25H27N5O5. The lowest BCUT2D eigenvalue weighted by Gasteiger charge is -2.20. The van der Waals surface area contributed by atoms with E-state index < -0.39 is 12.0 Å². The zero-order valence-corrected chi connectivity index (χ0v) is 19.3. The van der Waals surface area contributed by atoms with Crippen molar-refractivity contribution >= 4 is 23.7 Å². The molecule has 4 N–H and O–H groups in total. The molecule has 0 spiro atoms. The summed E-state index contributed by atoms with van der Waals surface area (Å²) in [5.74, 6) is 1.60. The number of benzene rings is 1. The number of hydrogen-bond acceptors (Lipinski definition) is 9. The van der Waals surface area contributed by atoms with Crippen LogP contribution in [0.5, 0.6) is 17.4 Å². The van der Waals surface area contributed by atoms with Crippen molar-refractivity contribution in [2.75, 3.05) is 37.5 Å². The van der Waals surface area contributed by atoms with E-state index in [1.807, 2.05) is 12.1 Å². The average molecular weight is 478 g/mol. The molecule has 3 aromatic rings. The van der Waals surface area contributed by atoms with E-state index in [9.17, 15) is 9.90 Å². The molecule has 0 radical (unpaired) electrons. The number of nitrogens with one attached hydrogen (secondary N) is 3. The van der Waals surface area contributed by atoms with Crippen molar-refractivity contribution in [3.05, 3.63) is 65.5 Å². The molecule has 10 nitrogen and oxygen atoms in total. The Morgan fingerprint density at radius 1 is 1.31 bits per heavy atom. The zero-order valence-electron chi connectivity index (χ0n) is 19.3. The number of carboxylic acids is 1. The largest absolute Gasteiger partial charge is 0.493 e. The summed E-state index contributed by atoms with van der Waals surface area (Å²) in [5.41, 5.74) is 2.78. The van der Waals surface area contributed by atoms with Crippen LogP contribution in [0.25, 0.3) is 0 Å². The van der Waals surface area contributed by atoms with E-state index in [0.29, 0.717) is 48.1 Å². The quantitative estimate of drug-likeness (QED) is 0.305. The minimum absolute atomic E-state index is 0.155. The van der Waals surface area contributed by atoms with E-state index in [-0.39, 0.29) is 6.42 Å². The van der Waals surface area contributed by atoms with Gasteiger partial charge in [0.2, 0.25) is 5.88 Å². The molecule has 0 saturated carbocycles. The molecule has 10 heteroatoms. The first-order valence-corrected chi connectivity index (χ1v) is 11.2. The maximum atomic E-state index is 11.5. The molecule has 0 saturated heterocycles. The summed E-state index contributed by atoms with van der Waals surface area (Å²) in [6.07, 6.45) is 3.24. The predicted molar refractivity (Wildman–Crippen MR) is 131 cm³/mol. The first-order valence-electron chi connectivity index (χ1n) is 11.2. The third-order valence-electron chi connectivity index (χ3n) is 5.45. The second-order valence-corrected chi connectivity index (χ2v) is 7.85. The van der Waals surface area contributed by atoms with E-state index in [2.05, 4.69) is 20.6 Å². The van der Waals surface area contributed by atoms with Gasteiger partial charge in [-0.05, 0) is 35.9 Å². The highest BCUT2D eigenvalue weighted by atomic mass is 16.5. The van der Waals surface area contributed by atoms with Crippen LogP contribution in [0.15, 0.2) is 48.7 Å². The van der Waals surface area contributed by atoms with Crippen LogP contribution in [0, 0.1) is 5.41 Å². The van der Waals surface area contributed by atoms with Crippen molar-refractivity contribution in [3.8, 4) is 17.4 Å². The lowest BCUT2D eigenvalue weighted by Crippen LogP contribution is -2.19. The van der Waals surface area contributed by atoms with Crippen LogP contribution in [0.2, 0.25) is 0 Å². The van der Waals surface area contributed by atoms with Gasteiger partial charge in [-0.15, -0.1) is 0 Å². The third-order valence-corrected chi connectivity index (χ3v) is 5.45. The fourth-order valence-corrected chi connectivity index (χ4v) is 3.69. The van der Waals surface area contributed by atoms with Crippen LogP contribution in [0.3, 0.4) is 0 Å². The summed E-state index contributed by atoms with van der Waals surface area (Å²) >= 11 is 0. The Kier molecular flexibility index (Phi) is 7.61. The smallest absolute Gasteiger partial charge is 0.305 e. The molecule has 182 valence electrons. The van der Waals surface area contributed by atoms with Gasteiger partial charge in [0, 0.05) is 41.8 Å². The van der Waals surface area contributed by atoms with Crippen molar-refractivity contribution in [1.29, 1.82) is 5.41 Å². The SMILES string of the molecule is COc1ccc(C(CC(=O)O)Nc2ccc(OCCc3ccc4c(n3)NCCO4)cc2C=N)cn1.